The monoisotopic (exact) mass is 214 g/mol. The van der Waals surface area contributed by atoms with Gasteiger partial charge >= 0.3 is 0 Å². The summed E-state index contributed by atoms with van der Waals surface area (Å²) in [6, 6.07) is 0. The Kier molecular flexibility index (Phi) is 7.39. The van der Waals surface area contributed by atoms with Crippen LogP contribution in [0.3, 0.4) is 0 Å². The van der Waals surface area contributed by atoms with E-state index in [4.69, 9.17) is 5.73 Å². The minimum atomic E-state index is 0.0686. The van der Waals surface area contributed by atoms with Gasteiger partial charge in [0.1, 0.15) is 0 Å². The lowest BCUT2D eigenvalue weighted by Gasteiger charge is -2.21. The van der Waals surface area contributed by atoms with Crippen molar-refractivity contribution in [2.45, 2.75) is 40.0 Å². The van der Waals surface area contributed by atoms with Crippen molar-refractivity contribution < 1.29 is 4.79 Å². The summed E-state index contributed by atoms with van der Waals surface area (Å²) < 4.78 is 0. The van der Waals surface area contributed by atoms with Gasteiger partial charge in [-0.1, -0.05) is 20.8 Å². The molecule has 3 heteroatoms. The van der Waals surface area contributed by atoms with Crippen LogP contribution in [-0.2, 0) is 4.79 Å². The smallest absolute Gasteiger partial charge is 0.225 e. The Balaban J connectivity index is 3.78. The molecule has 0 aromatic carbocycles. The molecular weight excluding hydrogens is 188 g/mol. The molecule has 0 aliphatic heterocycles. The van der Waals surface area contributed by atoms with Crippen LogP contribution in [0.15, 0.2) is 0 Å². The van der Waals surface area contributed by atoms with E-state index in [2.05, 4.69) is 13.8 Å². The summed E-state index contributed by atoms with van der Waals surface area (Å²) in [5.74, 6) is 1.01. The summed E-state index contributed by atoms with van der Waals surface area (Å²) in [6.45, 7) is 7.82. The van der Waals surface area contributed by atoms with Gasteiger partial charge < -0.3 is 10.6 Å². The minimum Gasteiger partial charge on any atom is -0.346 e. The van der Waals surface area contributed by atoms with Crippen LogP contribution in [0.4, 0.5) is 0 Å². The molecule has 0 saturated heterocycles. The molecule has 90 valence electrons. The van der Waals surface area contributed by atoms with E-state index >= 15 is 0 Å². The molecule has 0 aliphatic carbocycles. The molecule has 0 aromatic heterocycles. The molecule has 0 radical (unpaired) electrons. The van der Waals surface area contributed by atoms with Crippen LogP contribution < -0.4 is 5.73 Å². The number of carbonyl (C=O) groups excluding carboxylic acids is 1. The van der Waals surface area contributed by atoms with Crippen LogP contribution in [0, 0.1) is 11.8 Å². The molecule has 0 spiro atoms. The van der Waals surface area contributed by atoms with E-state index in [1.54, 1.807) is 0 Å². The van der Waals surface area contributed by atoms with Crippen LogP contribution in [0.2, 0.25) is 0 Å². The van der Waals surface area contributed by atoms with Crippen LogP contribution >= 0.6 is 0 Å². The molecule has 0 bridgehead atoms. The molecule has 1 atom stereocenters. The molecule has 3 nitrogen and oxygen atoms in total. The first-order valence-corrected chi connectivity index (χ1v) is 5.94. The van der Waals surface area contributed by atoms with Crippen molar-refractivity contribution in [2.24, 2.45) is 17.6 Å². The van der Waals surface area contributed by atoms with Gasteiger partial charge in [-0.2, -0.15) is 0 Å². The molecule has 1 amide bonds. The van der Waals surface area contributed by atoms with Crippen molar-refractivity contribution in [3.63, 3.8) is 0 Å². The summed E-state index contributed by atoms with van der Waals surface area (Å²) in [4.78, 5) is 13.6. The Morgan fingerprint density at radius 1 is 1.27 bits per heavy atom. The molecule has 2 N–H and O–H groups in total. The standard InChI is InChI=1S/C12H26N2O/c1-10(2)6-5-9-14(4)12(15)11(3)7-8-13/h10-11H,5-9,13H2,1-4H3. The van der Waals surface area contributed by atoms with Crippen molar-refractivity contribution in [2.75, 3.05) is 20.1 Å². The van der Waals surface area contributed by atoms with Gasteiger partial charge in [-0.25, -0.2) is 0 Å². The quantitative estimate of drug-likeness (QED) is 0.703. The predicted octanol–water partition coefficient (Wildman–Crippen LogP) is 1.87. The van der Waals surface area contributed by atoms with E-state index in [1.165, 1.54) is 6.42 Å². The van der Waals surface area contributed by atoms with Gasteiger partial charge in [-0.05, 0) is 31.7 Å². The van der Waals surface area contributed by atoms with Crippen molar-refractivity contribution in [3.8, 4) is 0 Å². The summed E-state index contributed by atoms with van der Waals surface area (Å²) >= 11 is 0. The Labute approximate surface area is 94.0 Å². The Hall–Kier alpha value is -0.570. The summed E-state index contributed by atoms with van der Waals surface area (Å²) in [6.07, 6.45) is 3.06. The highest BCUT2D eigenvalue weighted by molar-refractivity contribution is 5.78. The van der Waals surface area contributed by atoms with Crippen LogP contribution in [0.5, 0.6) is 0 Å². The number of carbonyl (C=O) groups is 1. The molecule has 0 saturated carbocycles. The fourth-order valence-corrected chi connectivity index (χ4v) is 1.60. The number of rotatable bonds is 7. The zero-order chi connectivity index (χ0) is 11.8. The second-order valence-electron chi connectivity index (χ2n) is 4.77. The molecule has 0 aromatic rings. The second kappa shape index (κ2) is 7.69. The summed E-state index contributed by atoms with van der Waals surface area (Å²) in [7, 11) is 1.88. The highest BCUT2D eigenvalue weighted by Crippen LogP contribution is 2.08. The molecule has 0 fully saturated rings. The van der Waals surface area contributed by atoms with Gasteiger partial charge in [0, 0.05) is 19.5 Å². The molecule has 15 heavy (non-hydrogen) atoms. The van der Waals surface area contributed by atoms with E-state index in [-0.39, 0.29) is 11.8 Å². The van der Waals surface area contributed by atoms with Crippen molar-refractivity contribution in [1.29, 1.82) is 0 Å². The lowest BCUT2D eigenvalue weighted by atomic mass is 10.1. The SMILES string of the molecule is CC(C)CCCN(C)C(=O)C(C)CCN. The zero-order valence-electron chi connectivity index (χ0n) is 10.6. The molecular formula is C12H26N2O. The first-order chi connectivity index (χ1) is 6.99. The van der Waals surface area contributed by atoms with Gasteiger partial charge in [0.2, 0.25) is 5.91 Å². The average Bonchev–Trinajstić information content (AvgIpc) is 2.16. The third-order valence-electron chi connectivity index (χ3n) is 2.67. The zero-order valence-corrected chi connectivity index (χ0v) is 10.6. The van der Waals surface area contributed by atoms with Gasteiger partial charge in [0.25, 0.3) is 0 Å². The third kappa shape index (κ3) is 6.50. The summed E-state index contributed by atoms with van der Waals surface area (Å²) in [5.41, 5.74) is 5.44. The van der Waals surface area contributed by atoms with Gasteiger partial charge in [-0.3, -0.25) is 4.79 Å². The first kappa shape index (κ1) is 14.4. The second-order valence-corrected chi connectivity index (χ2v) is 4.77. The van der Waals surface area contributed by atoms with E-state index in [1.807, 2.05) is 18.9 Å². The lowest BCUT2D eigenvalue weighted by molar-refractivity contribution is -0.133. The molecule has 1 unspecified atom stereocenters. The minimum absolute atomic E-state index is 0.0686. The maximum Gasteiger partial charge on any atom is 0.225 e. The van der Waals surface area contributed by atoms with E-state index in [0.29, 0.717) is 6.54 Å². The van der Waals surface area contributed by atoms with Gasteiger partial charge in [0.05, 0.1) is 0 Å². The Morgan fingerprint density at radius 2 is 1.87 bits per heavy atom. The van der Waals surface area contributed by atoms with Crippen LogP contribution in [0.25, 0.3) is 0 Å². The number of nitrogens with two attached hydrogens (primary N) is 1. The van der Waals surface area contributed by atoms with Gasteiger partial charge in [0.15, 0.2) is 0 Å². The summed E-state index contributed by atoms with van der Waals surface area (Å²) in [5, 5.41) is 0. The number of hydrogen-bond donors (Lipinski definition) is 1. The van der Waals surface area contributed by atoms with Gasteiger partial charge in [-0.15, -0.1) is 0 Å². The fourth-order valence-electron chi connectivity index (χ4n) is 1.60. The van der Waals surface area contributed by atoms with Crippen molar-refractivity contribution in [3.05, 3.63) is 0 Å². The molecule has 0 aliphatic rings. The number of hydrogen-bond acceptors (Lipinski definition) is 2. The maximum atomic E-state index is 11.8. The molecule has 0 heterocycles. The number of amides is 1. The average molecular weight is 214 g/mol. The van der Waals surface area contributed by atoms with E-state index < -0.39 is 0 Å². The first-order valence-electron chi connectivity index (χ1n) is 5.94. The van der Waals surface area contributed by atoms with Crippen molar-refractivity contribution in [1.82, 2.24) is 4.90 Å². The van der Waals surface area contributed by atoms with E-state index in [0.717, 1.165) is 25.3 Å². The highest BCUT2D eigenvalue weighted by Gasteiger charge is 2.15. The van der Waals surface area contributed by atoms with Crippen LogP contribution in [-0.4, -0.2) is 30.9 Å². The topological polar surface area (TPSA) is 46.3 Å². The highest BCUT2D eigenvalue weighted by atomic mass is 16.2. The molecule has 0 rings (SSSR count). The fraction of sp³-hybridized carbons (Fsp3) is 0.917. The Morgan fingerprint density at radius 3 is 2.33 bits per heavy atom. The van der Waals surface area contributed by atoms with Crippen molar-refractivity contribution >= 4 is 5.91 Å². The predicted molar refractivity (Wildman–Crippen MR) is 64.5 cm³/mol. The largest absolute Gasteiger partial charge is 0.346 e. The Bertz CT molecular complexity index is 180. The number of nitrogens with zero attached hydrogens (tertiary/aromatic N) is 1. The lowest BCUT2D eigenvalue weighted by Crippen LogP contribution is -2.33. The third-order valence-corrected chi connectivity index (χ3v) is 2.67. The maximum absolute atomic E-state index is 11.8. The van der Waals surface area contributed by atoms with E-state index in [9.17, 15) is 4.79 Å². The normalized spacial score (nSPS) is 12.9. The van der Waals surface area contributed by atoms with Crippen LogP contribution in [0.1, 0.15) is 40.0 Å².